The van der Waals surface area contributed by atoms with Crippen molar-refractivity contribution in [3.05, 3.63) is 120 Å². The third-order valence-electron chi connectivity index (χ3n) is 5.91. The molecule has 8 heteroatoms. The number of aromatic carboxylic acids is 1. The predicted molar refractivity (Wildman–Crippen MR) is 126 cm³/mol. The maximum absolute atomic E-state index is 13.1. The maximum atomic E-state index is 13.1. The van der Waals surface area contributed by atoms with Gasteiger partial charge in [0.25, 0.3) is 5.56 Å². The summed E-state index contributed by atoms with van der Waals surface area (Å²) in [6.45, 7) is 3.84. The van der Waals surface area contributed by atoms with E-state index in [0.29, 0.717) is 28.5 Å². The Bertz CT molecular complexity index is 1590. The highest BCUT2D eigenvalue weighted by atomic mass is 16.4. The lowest BCUT2D eigenvalue weighted by Crippen LogP contribution is -2.33. The van der Waals surface area contributed by atoms with Crippen LogP contribution in [0.2, 0.25) is 0 Å². The molecule has 0 radical (unpaired) electrons. The lowest BCUT2D eigenvalue weighted by molar-refractivity contribution is 0.0696. The molecule has 5 rings (SSSR count). The molecule has 8 nitrogen and oxygen atoms in total. The van der Waals surface area contributed by atoms with Crippen molar-refractivity contribution in [1.29, 1.82) is 0 Å². The average Bonchev–Trinajstić information content (AvgIpc) is 3.10. The quantitative estimate of drug-likeness (QED) is 0.428. The summed E-state index contributed by atoms with van der Waals surface area (Å²) < 4.78 is 7.16. The van der Waals surface area contributed by atoms with Crippen LogP contribution in [0.25, 0.3) is 12.2 Å². The SMILES string of the molecule is Cc1ccc2c(c1)C=Cc1oc(C)nc1C2c1cn(Cc2cccc(C(=O)O)c2)c(=O)[nH]c1=O. The van der Waals surface area contributed by atoms with Crippen molar-refractivity contribution >= 4 is 18.1 Å². The van der Waals surface area contributed by atoms with Crippen molar-refractivity contribution < 1.29 is 14.3 Å². The Labute approximate surface area is 193 Å². The van der Waals surface area contributed by atoms with Gasteiger partial charge in [0.15, 0.2) is 11.7 Å². The lowest BCUT2D eigenvalue weighted by atomic mass is 9.87. The van der Waals surface area contributed by atoms with Gasteiger partial charge in [-0.25, -0.2) is 14.6 Å². The van der Waals surface area contributed by atoms with Gasteiger partial charge in [-0.3, -0.25) is 14.3 Å². The lowest BCUT2D eigenvalue weighted by Gasteiger charge is -2.18. The van der Waals surface area contributed by atoms with Gasteiger partial charge >= 0.3 is 11.7 Å². The van der Waals surface area contributed by atoms with E-state index in [-0.39, 0.29) is 12.1 Å². The summed E-state index contributed by atoms with van der Waals surface area (Å²) in [6, 6.07) is 12.3. The second-order valence-corrected chi connectivity index (χ2v) is 8.36. The molecule has 2 N–H and O–H groups in total. The average molecular weight is 455 g/mol. The molecule has 0 saturated carbocycles. The summed E-state index contributed by atoms with van der Waals surface area (Å²) in [5.41, 5.74) is 3.47. The molecule has 0 fully saturated rings. The van der Waals surface area contributed by atoms with Crippen molar-refractivity contribution in [2.75, 3.05) is 0 Å². The number of hydrogen-bond donors (Lipinski definition) is 2. The van der Waals surface area contributed by atoms with Crippen LogP contribution in [0.4, 0.5) is 0 Å². The molecular formula is C26H21N3O5. The standard InChI is InChI=1S/C26H21N3O5/c1-14-6-8-19-17(10-14)7-9-21-23(27-15(2)34-21)22(19)20-13-29(26(33)28-24(20)30)12-16-4-3-5-18(11-16)25(31)32/h3-11,13,22H,12H2,1-2H3,(H,31,32)(H,28,30,33). The number of fused-ring (bicyclic) bond motifs is 2. The fourth-order valence-electron chi connectivity index (χ4n) is 4.36. The molecule has 0 spiro atoms. The van der Waals surface area contributed by atoms with Gasteiger partial charge in [0.2, 0.25) is 0 Å². The van der Waals surface area contributed by atoms with Gasteiger partial charge in [-0.1, -0.05) is 42.0 Å². The zero-order chi connectivity index (χ0) is 24.0. The normalized spacial score (nSPS) is 14.4. The van der Waals surface area contributed by atoms with Crippen molar-refractivity contribution in [3.8, 4) is 0 Å². The summed E-state index contributed by atoms with van der Waals surface area (Å²) in [5.74, 6) is -0.574. The first-order valence-corrected chi connectivity index (χ1v) is 10.7. The Morgan fingerprint density at radius 1 is 1.12 bits per heavy atom. The van der Waals surface area contributed by atoms with Gasteiger partial charge in [-0.2, -0.15) is 0 Å². The monoisotopic (exact) mass is 455 g/mol. The number of nitrogens with one attached hydrogen (secondary N) is 1. The van der Waals surface area contributed by atoms with Crippen LogP contribution in [0.1, 0.15) is 61.4 Å². The molecule has 1 unspecified atom stereocenters. The number of hydrogen-bond acceptors (Lipinski definition) is 5. The van der Waals surface area contributed by atoms with Crippen molar-refractivity contribution in [2.45, 2.75) is 26.3 Å². The van der Waals surface area contributed by atoms with Crippen LogP contribution in [-0.4, -0.2) is 25.6 Å². The van der Waals surface area contributed by atoms with Crippen LogP contribution in [0.15, 0.2) is 62.7 Å². The third-order valence-corrected chi connectivity index (χ3v) is 5.91. The molecule has 1 aliphatic carbocycles. The highest BCUT2D eigenvalue weighted by molar-refractivity contribution is 5.87. The fourth-order valence-corrected chi connectivity index (χ4v) is 4.36. The van der Waals surface area contributed by atoms with Crippen molar-refractivity contribution in [1.82, 2.24) is 14.5 Å². The molecule has 2 aromatic carbocycles. The van der Waals surface area contributed by atoms with Gasteiger partial charge in [-0.15, -0.1) is 0 Å². The van der Waals surface area contributed by atoms with E-state index in [1.807, 2.05) is 37.3 Å². The Balaban J connectivity index is 1.68. The van der Waals surface area contributed by atoms with Crippen LogP contribution in [0.3, 0.4) is 0 Å². The van der Waals surface area contributed by atoms with E-state index in [1.165, 1.54) is 22.9 Å². The van der Waals surface area contributed by atoms with E-state index in [0.717, 1.165) is 16.7 Å². The maximum Gasteiger partial charge on any atom is 0.335 e. The summed E-state index contributed by atoms with van der Waals surface area (Å²) in [7, 11) is 0. The van der Waals surface area contributed by atoms with Gasteiger partial charge in [-0.05, 0) is 41.8 Å². The van der Waals surface area contributed by atoms with E-state index in [9.17, 15) is 19.5 Å². The number of H-pyrrole nitrogens is 1. The first-order valence-electron chi connectivity index (χ1n) is 10.7. The molecule has 0 aliphatic heterocycles. The number of rotatable bonds is 4. The smallest absolute Gasteiger partial charge is 0.335 e. The van der Waals surface area contributed by atoms with Crippen LogP contribution in [0.5, 0.6) is 0 Å². The largest absolute Gasteiger partial charge is 0.478 e. The molecular weight excluding hydrogens is 434 g/mol. The van der Waals surface area contributed by atoms with Gasteiger partial charge in [0, 0.05) is 18.7 Å². The van der Waals surface area contributed by atoms with Crippen LogP contribution in [-0.2, 0) is 6.54 Å². The topological polar surface area (TPSA) is 118 Å². The molecule has 170 valence electrons. The number of aryl methyl sites for hydroxylation is 2. The van der Waals surface area contributed by atoms with Crippen molar-refractivity contribution in [2.24, 2.45) is 0 Å². The highest BCUT2D eigenvalue weighted by Gasteiger charge is 2.30. The van der Waals surface area contributed by atoms with E-state index < -0.39 is 23.1 Å². The molecule has 0 saturated heterocycles. The summed E-state index contributed by atoms with van der Waals surface area (Å²) in [6.07, 6.45) is 5.31. The van der Waals surface area contributed by atoms with Crippen LogP contribution >= 0.6 is 0 Å². The molecule has 0 amide bonds. The number of benzene rings is 2. The molecule has 4 aromatic rings. The molecule has 2 heterocycles. The summed E-state index contributed by atoms with van der Waals surface area (Å²) in [4.78, 5) is 44.0. The first kappa shape index (κ1) is 21.4. The van der Waals surface area contributed by atoms with Crippen LogP contribution < -0.4 is 11.2 Å². The Morgan fingerprint density at radius 2 is 1.94 bits per heavy atom. The number of oxazole rings is 1. The molecule has 2 aromatic heterocycles. The second-order valence-electron chi connectivity index (χ2n) is 8.36. The van der Waals surface area contributed by atoms with E-state index in [2.05, 4.69) is 9.97 Å². The predicted octanol–water partition coefficient (Wildman–Crippen LogP) is 3.55. The molecule has 34 heavy (non-hydrogen) atoms. The van der Waals surface area contributed by atoms with Gasteiger partial charge in [0.1, 0.15) is 0 Å². The zero-order valence-corrected chi connectivity index (χ0v) is 18.5. The number of aromatic amines is 1. The number of carbonyl (C=O) groups is 1. The Morgan fingerprint density at radius 3 is 2.74 bits per heavy atom. The minimum Gasteiger partial charge on any atom is -0.478 e. The first-order chi connectivity index (χ1) is 16.3. The number of carboxylic acids is 1. The summed E-state index contributed by atoms with van der Waals surface area (Å²) >= 11 is 0. The Hall–Kier alpha value is -4.46. The minimum absolute atomic E-state index is 0.0974. The van der Waals surface area contributed by atoms with E-state index in [4.69, 9.17) is 4.42 Å². The number of nitrogens with zero attached hydrogens (tertiary/aromatic N) is 2. The molecule has 1 aliphatic rings. The van der Waals surface area contributed by atoms with E-state index >= 15 is 0 Å². The minimum atomic E-state index is -1.05. The zero-order valence-electron chi connectivity index (χ0n) is 18.5. The summed E-state index contributed by atoms with van der Waals surface area (Å²) in [5, 5.41) is 9.28. The number of aromatic nitrogens is 3. The second kappa shape index (κ2) is 8.15. The third kappa shape index (κ3) is 3.79. The number of carboxylic acid groups (broad SMARTS) is 1. The van der Waals surface area contributed by atoms with E-state index in [1.54, 1.807) is 19.1 Å². The van der Waals surface area contributed by atoms with Gasteiger partial charge < -0.3 is 9.52 Å². The van der Waals surface area contributed by atoms with Gasteiger partial charge in [0.05, 0.1) is 23.7 Å². The highest BCUT2D eigenvalue weighted by Crippen LogP contribution is 2.38. The fraction of sp³-hybridized carbons (Fsp3) is 0.154. The van der Waals surface area contributed by atoms with Crippen molar-refractivity contribution in [3.63, 3.8) is 0 Å². The molecule has 0 bridgehead atoms. The van der Waals surface area contributed by atoms with Crippen LogP contribution in [0, 0.1) is 13.8 Å². The Kier molecular flexibility index (Phi) is 5.13. The molecule has 1 atom stereocenters.